The zero-order valence-electron chi connectivity index (χ0n) is 11.0. The molecule has 1 amide bonds. The van der Waals surface area contributed by atoms with Crippen molar-refractivity contribution in [2.75, 3.05) is 20.3 Å². The van der Waals surface area contributed by atoms with E-state index >= 15 is 0 Å². The maximum Gasteiger partial charge on any atom is 0.244 e. The molecule has 6 heteroatoms. The molecule has 1 unspecified atom stereocenters. The number of rotatable bonds is 7. The van der Waals surface area contributed by atoms with Crippen LogP contribution in [0.1, 0.15) is 19.1 Å². The van der Waals surface area contributed by atoms with Gasteiger partial charge in [0, 0.05) is 32.8 Å². The van der Waals surface area contributed by atoms with Gasteiger partial charge in [0.1, 0.15) is 5.76 Å². The largest absolute Gasteiger partial charge is 0.450 e. The first-order valence-corrected chi connectivity index (χ1v) is 6.65. The number of methoxy groups -OCH3 is 1. The average Bonchev–Trinajstić information content (AvgIpc) is 2.77. The molecule has 1 atom stereocenters. The van der Waals surface area contributed by atoms with Crippen LogP contribution in [0.3, 0.4) is 0 Å². The lowest BCUT2D eigenvalue weighted by Crippen LogP contribution is -2.40. The Morgan fingerprint density at radius 1 is 1.63 bits per heavy atom. The molecular formula is C13H18BrNO4. The summed E-state index contributed by atoms with van der Waals surface area (Å²) < 4.78 is 10.7. The van der Waals surface area contributed by atoms with Gasteiger partial charge in [-0.15, -0.1) is 0 Å². The number of halogens is 1. The minimum absolute atomic E-state index is 0.168. The molecule has 0 spiro atoms. The summed E-state index contributed by atoms with van der Waals surface area (Å²) in [5.41, 5.74) is -0.979. The van der Waals surface area contributed by atoms with Gasteiger partial charge >= 0.3 is 0 Å². The van der Waals surface area contributed by atoms with Crippen LogP contribution in [0.15, 0.2) is 27.3 Å². The van der Waals surface area contributed by atoms with E-state index < -0.39 is 5.60 Å². The number of hydrogen-bond donors (Lipinski definition) is 2. The number of aliphatic hydroxyl groups is 1. The number of nitrogens with one attached hydrogen (secondary N) is 1. The summed E-state index contributed by atoms with van der Waals surface area (Å²) >= 11 is 3.17. The molecule has 0 radical (unpaired) electrons. The topological polar surface area (TPSA) is 71.7 Å². The SMILES string of the molecule is COCCC(C)(O)CNC(=O)/C=C/c1ccc(Br)o1. The lowest BCUT2D eigenvalue weighted by atomic mass is 10.0. The Hall–Kier alpha value is -1.11. The maximum absolute atomic E-state index is 11.5. The number of furan rings is 1. The van der Waals surface area contributed by atoms with E-state index in [2.05, 4.69) is 21.2 Å². The monoisotopic (exact) mass is 331 g/mol. The van der Waals surface area contributed by atoms with Crippen LogP contribution in [0.25, 0.3) is 6.08 Å². The van der Waals surface area contributed by atoms with Crippen LogP contribution in [0.5, 0.6) is 0 Å². The summed E-state index contributed by atoms with van der Waals surface area (Å²) in [5.74, 6) is 0.290. The lowest BCUT2D eigenvalue weighted by molar-refractivity contribution is -0.117. The molecule has 0 fully saturated rings. The third-order valence-corrected chi connectivity index (χ3v) is 2.91. The van der Waals surface area contributed by atoms with E-state index in [4.69, 9.17) is 9.15 Å². The van der Waals surface area contributed by atoms with Gasteiger partial charge in [-0.3, -0.25) is 4.79 Å². The van der Waals surface area contributed by atoms with Crippen molar-refractivity contribution in [2.24, 2.45) is 0 Å². The Kier molecular flexibility index (Phi) is 6.27. The smallest absolute Gasteiger partial charge is 0.244 e. The van der Waals surface area contributed by atoms with Gasteiger partial charge < -0.3 is 19.6 Å². The Balaban J connectivity index is 2.37. The Morgan fingerprint density at radius 3 is 2.95 bits per heavy atom. The average molecular weight is 332 g/mol. The molecule has 0 aliphatic rings. The molecule has 0 aliphatic carbocycles. The maximum atomic E-state index is 11.5. The molecule has 0 aliphatic heterocycles. The van der Waals surface area contributed by atoms with E-state index in [0.29, 0.717) is 23.5 Å². The third kappa shape index (κ3) is 6.56. The summed E-state index contributed by atoms with van der Waals surface area (Å²) in [5, 5.41) is 12.6. The van der Waals surface area contributed by atoms with Crippen molar-refractivity contribution >= 4 is 27.9 Å². The number of amides is 1. The number of ether oxygens (including phenoxy) is 1. The predicted molar refractivity (Wildman–Crippen MR) is 75.6 cm³/mol. The quantitative estimate of drug-likeness (QED) is 0.749. The molecule has 5 nitrogen and oxygen atoms in total. The van der Waals surface area contributed by atoms with Gasteiger partial charge in [-0.25, -0.2) is 0 Å². The van der Waals surface area contributed by atoms with Crippen molar-refractivity contribution in [3.8, 4) is 0 Å². The summed E-state index contributed by atoms with van der Waals surface area (Å²) in [4.78, 5) is 11.5. The second-order valence-corrected chi connectivity index (χ2v) is 5.21. The van der Waals surface area contributed by atoms with E-state index in [1.54, 1.807) is 32.2 Å². The molecular weight excluding hydrogens is 314 g/mol. The number of hydrogen-bond acceptors (Lipinski definition) is 4. The van der Waals surface area contributed by atoms with Gasteiger partial charge in [-0.05, 0) is 41.1 Å². The summed E-state index contributed by atoms with van der Waals surface area (Å²) in [6.07, 6.45) is 3.38. The molecule has 1 heterocycles. The zero-order chi connectivity index (χ0) is 14.3. The fourth-order valence-corrected chi connectivity index (χ4v) is 1.64. The first-order chi connectivity index (χ1) is 8.93. The fourth-order valence-electron chi connectivity index (χ4n) is 1.32. The molecule has 106 valence electrons. The Morgan fingerprint density at radius 2 is 2.37 bits per heavy atom. The van der Waals surface area contributed by atoms with Gasteiger partial charge in [-0.1, -0.05) is 0 Å². The van der Waals surface area contributed by atoms with E-state index in [1.165, 1.54) is 6.08 Å². The van der Waals surface area contributed by atoms with Crippen LogP contribution in [0.4, 0.5) is 0 Å². The molecule has 0 bridgehead atoms. The molecule has 19 heavy (non-hydrogen) atoms. The van der Waals surface area contributed by atoms with Gasteiger partial charge in [0.2, 0.25) is 5.91 Å². The van der Waals surface area contributed by atoms with Crippen molar-refractivity contribution in [3.63, 3.8) is 0 Å². The molecule has 0 saturated heterocycles. The van der Waals surface area contributed by atoms with Crippen molar-refractivity contribution in [3.05, 3.63) is 28.6 Å². The van der Waals surface area contributed by atoms with Crippen LogP contribution in [-0.4, -0.2) is 36.9 Å². The summed E-state index contributed by atoms with van der Waals surface area (Å²) in [7, 11) is 1.57. The highest BCUT2D eigenvalue weighted by Crippen LogP contribution is 2.15. The first-order valence-electron chi connectivity index (χ1n) is 5.85. The van der Waals surface area contributed by atoms with Crippen LogP contribution in [-0.2, 0) is 9.53 Å². The fraction of sp³-hybridized carbons (Fsp3) is 0.462. The van der Waals surface area contributed by atoms with E-state index in [0.717, 1.165) is 0 Å². The van der Waals surface area contributed by atoms with Crippen molar-refractivity contribution in [2.45, 2.75) is 18.9 Å². The highest BCUT2D eigenvalue weighted by Gasteiger charge is 2.20. The Bertz CT molecular complexity index is 440. The van der Waals surface area contributed by atoms with Gasteiger partial charge in [0.05, 0.1) is 5.60 Å². The zero-order valence-corrected chi connectivity index (χ0v) is 12.6. The highest BCUT2D eigenvalue weighted by atomic mass is 79.9. The number of carbonyl (C=O) groups excluding carboxylic acids is 1. The molecule has 1 rings (SSSR count). The van der Waals surface area contributed by atoms with Crippen molar-refractivity contribution in [1.82, 2.24) is 5.32 Å². The molecule has 0 saturated carbocycles. The van der Waals surface area contributed by atoms with Crippen LogP contribution in [0.2, 0.25) is 0 Å². The van der Waals surface area contributed by atoms with Crippen LogP contribution in [0, 0.1) is 0 Å². The van der Waals surface area contributed by atoms with Gasteiger partial charge in [0.25, 0.3) is 0 Å². The first kappa shape index (κ1) is 15.9. The molecule has 2 N–H and O–H groups in total. The van der Waals surface area contributed by atoms with Crippen molar-refractivity contribution < 1.29 is 19.1 Å². The second-order valence-electron chi connectivity index (χ2n) is 4.43. The van der Waals surface area contributed by atoms with E-state index in [9.17, 15) is 9.90 Å². The lowest BCUT2D eigenvalue weighted by Gasteiger charge is -2.22. The summed E-state index contributed by atoms with van der Waals surface area (Å²) in [6, 6.07) is 3.48. The minimum atomic E-state index is -0.979. The third-order valence-electron chi connectivity index (χ3n) is 2.48. The highest BCUT2D eigenvalue weighted by molar-refractivity contribution is 9.10. The summed E-state index contributed by atoms with van der Waals surface area (Å²) in [6.45, 7) is 2.26. The normalized spacial score (nSPS) is 14.5. The molecule has 1 aromatic heterocycles. The van der Waals surface area contributed by atoms with Crippen LogP contribution >= 0.6 is 15.9 Å². The standard InChI is InChI=1S/C13H18BrNO4/c1-13(17,7-8-18-2)9-15-12(16)6-4-10-3-5-11(14)19-10/h3-6,17H,7-9H2,1-2H3,(H,15,16)/b6-4+. The minimum Gasteiger partial charge on any atom is -0.450 e. The van der Waals surface area contributed by atoms with Gasteiger partial charge in [0.15, 0.2) is 4.67 Å². The van der Waals surface area contributed by atoms with E-state index in [-0.39, 0.29) is 12.5 Å². The number of carbonyl (C=O) groups is 1. The molecule has 1 aromatic rings. The predicted octanol–water partition coefficient (Wildman–Crippen LogP) is 1.96. The Labute approximate surface area is 120 Å². The second kappa shape index (κ2) is 7.47. The molecule has 0 aromatic carbocycles. The van der Waals surface area contributed by atoms with Crippen LogP contribution < -0.4 is 5.32 Å². The van der Waals surface area contributed by atoms with Gasteiger partial charge in [-0.2, -0.15) is 0 Å². The van der Waals surface area contributed by atoms with Crippen molar-refractivity contribution in [1.29, 1.82) is 0 Å². The van der Waals surface area contributed by atoms with E-state index in [1.807, 2.05) is 0 Å².